The highest BCUT2D eigenvalue weighted by Crippen LogP contribution is 2.35. The van der Waals surface area contributed by atoms with E-state index >= 15 is 0 Å². The van der Waals surface area contributed by atoms with Crippen molar-refractivity contribution in [3.8, 4) is 0 Å². The lowest BCUT2D eigenvalue weighted by molar-refractivity contribution is -0.116. The van der Waals surface area contributed by atoms with Crippen LogP contribution in [0.4, 0.5) is 16.2 Å². The Morgan fingerprint density at radius 1 is 1.14 bits per heavy atom. The first kappa shape index (κ1) is 21.5. The summed E-state index contributed by atoms with van der Waals surface area (Å²) in [6.45, 7) is 7.46. The van der Waals surface area contributed by atoms with E-state index in [1.54, 1.807) is 51.1 Å². The van der Waals surface area contributed by atoms with Crippen LogP contribution in [0.5, 0.6) is 0 Å². The van der Waals surface area contributed by atoms with E-state index < -0.39 is 11.7 Å². The average molecular weight is 387 g/mol. The molecular weight excluding hydrogens is 358 g/mol. The van der Waals surface area contributed by atoms with Crippen molar-refractivity contribution in [2.45, 2.75) is 52.6 Å². The highest BCUT2D eigenvalue weighted by atomic mass is 16.6. The second kappa shape index (κ2) is 9.39. The number of rotatable bonds is 7. The molecule has 0 radical (unpaired) electrons. The molecule has 0 aromatic heterocycles. The molecule has 0 aliphatic heterocycles. The van der Waals surface area contributed by atoms with Crippen LogP contribution in [0.15, 0.2) is 35.9 Å². The van der Waals surface area contributed by atoms with Crippen molar-refractivity contribution in [1.82, 2.24) is 5.32 Å². The van der Waals surface area contributed by atoms with Crippen molar-refractivity contribution >= 4 is 29.3 Å². The molecule has 0 spiro atoms. The number of amides is 3. The highest BCUT2D eigenvalue weighted by Gasteiger charge is 2.23. The summed E-state index contributed by atoms with van der Waals surface area (Å²) in [7, 11) is 0. The lowest BCUT2D eigenvalue weighted by Crippen LogP contribution is -2.34. The summed E-state index contributed by atoms with van der Waals surface area (Å²) >= 11 is 0. The first-order valence-corrected chi connectivity index (χ1v) is 9.48. The number of ether oxygens (including phenoxy) is 1. The number of hydrogen-bond donors (Lipinski definition) is 3. The normalized spacial score (nSPS) is 14.2. The number of carbonyl (C=O) groups is 3. The molecule has 7 nitrogen and oxygen atoms in total. The topological polar surface area (TPSA) is 96.5 Å². The maximum atomic E-state index is 12.1. The van der Waals surface area contributed by atoms with Crippen molar-refractivity contribution in [3.63, 3.8) is 0 Å². The van der Waals surface area contributed by atoms with Crippen molar-refractivity contribution in [2.75, 3.05) is 17.2 Å². The number of carbonyl (C=O) groups excluding carboxylic acids is 3. The molecule has 0 bridgehead atoms. The molecule has 7 heteroatoms. The van der Waals surface area contributed by atoms with Crippen molar-refractivity contribution in [1.29, 1.82) is 0 Å². The largest absolute Gasteiger partial charge is 0.444 e. The Labute approximate surface area is 165 Å². The molecule has 1 aliphatic rings. The van der Waals surface area contributed by atoms with Crippen molar-refractivity contribution in [3.05, 3.63) is 35.9 Å². The van der Waals surface area contributed by atoms with E-state index in [-0.39, 0.29) is 24.8 Å². The van der Waals surface area contributed by atoms with Gasteiger partial charge in [-0.05, 0) is 64.7 Å². The predicted molar refractivity (Wildman–Crippen MR) is 109 cm³/mol. The molecular formula is C21H29N3O4. The van der Waals surface area contributed by atoms with Crippen LogP contribution >= 0.6 is 0 Å². The Morgan fingerprint density at radius 2 is 1.79 bits per heavy atom. The molecule has 28 heavy (non-hydrogen) atoms. The van der Waals surface area contributed by atoms with Crippen LogP contribution in [0, 0.1) is 5.92 Å². The van der Waals surface area contributed by atoms with Gasteiger partial charge in [0.15, 0.2) is 0 Å². The predicted octanol–water partition coefficient (Wildman–Crippen LogP) is 3.83. The quantitative estimate of drug-likeness (QED) is 0.620. The Hall–Kier alpha value is -2.83. The van der Waals surface area contributed by atoms with E-state index in [0.717, 1.165) is 18.4 Å². The summed E-state index contributed by atoms with van der Waals surface area (Å²) in [4.78, 5) is 35.7. The molecule has 1 aromatic rings. The Balaban J connectivity index is 1.78. The van der Waals surface area contributed by atoms with Gasteiger partial charge in [0.2, 0.25) is 11.8 Å². The van der Waals surface area contributed by atoms with E-state index in [4.69, 9.17) is 4.74 Å². The van der Waals surface area contributed by atoms with Crippen LogP contribution in [-0.2, 0) is 14.3 Å². The molecule has 0 unspecified atom stereocenters. The van der Waals surface area contributed by atoms with Gasteiger partial charge in [-0.3, -0.25) is 9.59 Å². The number of allylic oxidation sites excluding steroid dienone is 1. The Morgan fingerprint density at radius 3 is 2.39 bits per heavy atom. The molecule has 3 amide bonds. The Kier molecular flexibility index (Phi) is 7.20. The standard InChI is InChI=1S/C21H29N3O4/c1-14(15-8-9-15)12-19(26)24-17-7-5-6-16(13-17)23-18(25)10-11-22-20(27)28-21(2,3)4/h5-7,12-13,15H,8-11H2,1-4H3,(H,22,27)(H,23,25)(H,24,26)/b14-12+. The van der Waals surface area contributed by atoms with Gasteiger partial charge in [0.1, 0.15) is 5.60 Å². The van der Waals surface area contributed by atoms with Crippen LogP contribution in [0.1, 0.15) is 47.0 Å². The minimum Gasteiger partial charge on any atom is -0.444 e. The zero-order chi connectivity index (χ0) is 20.7. The van der Waals surface area contributed by atoms with Crippen LogP contribution in [0.2, 0.25) is 0 Å². The van der Waals surface area contributed by atoms with Gasteiger partial charge in [0.25, 0.3) is 0 Å². The zero-order valence-electron chi connectivity index (χ0n) is 16.9. The lowest BCUT2D eigenvalue weighted by Gasteiger charge is -2.19. The maximum absolute atomic E-state index is 12.1. The number of benzene rings is 1. The van der Waals surface area contributed by atoms with E-state index in [1.807, 2.05) is 6.92 Å². The molecule has 0 saturated heterocycles. The third-order valence-electron chi connectivity index (χ3n) is 4.01. The van der Waals surface area contributed by atoms with Gasteiger partial charge < -0.3 is 20.7 Å². The maximum Gasteiger partial charge on any atom is 0.407 e. The minimum absolute atomic E-state index is 0.110. The average Bonchev–Trinajstić information content (AvgIpc) is 3.38. The summed E-state index contributed by atoms with van der Waals surface area (Å²) in [5.74, 6) is 0.129. The first-order valence-electron chi connectivity index (χ1n) is 9.48. The molecule has 1 saturated carbocycles. The monoisotopic (exact) mass is 387 g/mol. The molecule has 0 atom stereocenters. The van der Waals surface area contributed by atoms with Gasteiger partial charge in [-0.1, -0.05) is 11.6 Å². The van der Waals surface area contributed by atoms with Crippen molar-refractivity contribution < 1.29 is 19.1 Å². The summed E-state index contributed by atoms with van der Waals surface area (Å²) < 4.78 is 5.11. The number of anilines is 2. The highest BCUT2D eigenvalue weighted by molar-refractivity contribution is 6.00. The zero-order valence-corrected chi connectivity index (χ0v) is 16.9. The van der Waals surface area contributed by atoms with Gasteiger partial charge in [-0.2, -0.15) is 0 Å². The van der Waals surface area contributed by atoms with E-state index in [9.17, 15) is 14.4 Å². The van der Waals surface area contributed by atoms with Crippen LogP contribution in [0.25, 0.3) is 0 Å². The molecule has 3 N–H and O–H groups in total. The third-order valence-corrected chi connectivity index (χ3v) is 4.01. The smallest absolute Gasteiger partial charge is 0.407 e. The molecule has 2 rings (SSSR count). The van der Waals surface area contributed by atoms with E-state index in [2.05, 4.69) is 16.0 Å². The number of hydrogen-bond acceptors (Lipinski definition) is 4. The third kappa shape index (κ3) is 8.24. The molecule has 1 fully saturated rings. The summed E-state index contributed by atoms with van der Waals surface area (Å²) in [6, 6.07) is 6.94. The van der Waals surface area contributed by atoms with Gasteiger partial charge >= 0.3 is 6.09 Å². The van der Waals surface area contributed by atoms with Crippen LogP contribution in [0.3, 0.4) is 0 Å². The van der Waals surface area contributed by atoms with Crippen LogP contribution in [-0.4, -0.2) is 30.1 Å². The van der Waals surface area contributed by atoms with E-state index in [0.29, 0.717) is 17.3 Å². The fourth-order valence-electron chi connectivity index (χ4n) is 2.53. The fraction of sp³-hybridized carbons (Fsp3) is 0.476. The fourth-order valence-corrected chi connectivity index (χ4v) is 2.53. The second-order valence-corrected chi connectivity index (χ2v) is 7.96. The number of nitrogens with one attached hydrogen (secondary N) is 3. The second-order valence-electron chi connectivity index (χ2n) is 7.96. The van der Waals surface area contributed by atoms with Crippen molar-refractivity contribution in [2.24, 2.45) is 5.92 Å². The van der Waals surface area contributed by atoms with Gasteiger partial charge in [-0.15, -0.1) is 0 Å². The SMILES string of the molecule is C/C(=C\C(=O)Nc1cccc(NC(=O)CCNC(=O)OC(C)(C)C)c1)C1CC1. The van der Waals surface area contributed by atoms with Gasteiger partial charge in [0, 0.05) is 30.4 Å². The molecule has 0 heterocycles. The lowest BCUT2D eigenvalue weighted by atomic mass is 10.2. The molecule has 152 valence electrons. The van der Waals surface area contributed by atoms with Gasteiger partial charge in [-0.25, -0.2) is 4.79 Å². The van der Waals surface area contributed by atoms with Crippen LogP contribution < -0.4 is 16.0 Å². The van der Waals surface area contributed by atoms with E-state index in [1.165, 1.54) is 0 Å². The summed E-state index contributed by atoms with van der Waals surface area (Å²) in [5, 5.41) is 8.10. The van der Waals surface area contributed by atoms with Gasteiger partial charge in [0.05, 0.1) is 0 Å². The Bertz CT molecular complexity index is 761. The summed E-state index contributed by atoms with van der Waals surface area (Å²) in [5.41, 5.74) is 1.70. The molecule has 1 aliphatic carbocycles. The number of alkyl carbamates (subject to hydrolysis) is 1. The molecule has 1 aromatic carbocycles. The first-order chi connectivity index (χ1) is 13.1. The minimum atomic E-state index is -0.580. The summed E-state index contributed by atoms with van der Waals surface area (Å²) in [6.07, 6.45) is 3.49.